The summed E-state index contributed by atoms with van der Waals surface area (Å²) >= 11 is 0. The number of carboxylic acids is 1. The highest BCUT2D eigenvalue weighted by Gasteiger charge is 2.32. The van der Waals surface area contributed by atoms with Crippen LogP contribution in [0, 0.1) is 5.41 Å². The molecule has 1 heterocycles. The fraction of sp³-hybridized carbons (Fsp3) is 0.348. The molecule has 1 aliphatic heterocycles. The number of carbonyl (C=O) groups excluding carboxylic acids is 1. The largest absolute Gasteiger partial charge is 0.489 e. The first-order valence-electron chi connectivity index (χ1n) is 10.2. The molecular formula is C23H27N3O6. The van der Waals surface area contributed by atoms with E-state index in [1.165, 1.54) is 12.0 Å². The first-order valence-corrected chi connectivity index (χ1v) is 10.2. The number of hydrogen-bond donors (Lipinski definition) is 3. The highest BCUT2D eigenvalue weighted by molar-refractivity contribution is 5.97. The van der Waals surface area contributed by atoms with Gasteiger partial charge in [0, 0.05) is 24.8 Å². The Bertz CT molecular complexity index is 976. The van der Waals surface area contributed by atoms with Crippen LogP contribution in [0.5, 0.6) is 5.75 Å². The van der Waals surface area contributed by atoms with Crippen LogP contribution in [0.2, 0.25) is 0 Å². The van der Waals surface area contributed by atoms with E-state index in [1.807, 2.05) is 18.2 Å². The molecule has 1 unspecified atom stereocenters. The minimum Gasteiger partial charge on any atom is -0.489 e. The minimum atomic E-state index is -1.04. The number of nitrogens with zero attached hydrogens (tertiary/aromatic N) is 1. The van der Waals surface area contributed by atoms with Crippen LogP contribution in [0.4, 0.5) is 0 Å². The molecule has 0 saturated heterocycles. The average Bonchev–Trinajstić information content (AvgIpc) is 2.77. The van der Waals surface area contributed by atoms with Crippen LogP contribution in [-0.4, -0.2) is 60.8 Å². The predicted octanol–water partition coefficient (Wildman–Crippen LogP) is 2.01. The molecule has 0 bridgehead atoms. The van der Waals surface area contributed by atoms with Crippen molar-refractivity contribution in [2.45, 2.75) is 25.7 Å². The highest BCUT2D eigenvalue weighted by atomic mass is 16.5. The molecule has 1 atom stereocenters. The Hall–Kier alpha value is -3.43. The predicted molar refractivity (Wildman–Crippen MR) is 117 cm³/mol. The monoisotopic (exact) mass is 441 g/mol. The van der Waals surface area contributed by atoms with E-state index in [9.17, 15) is 14.7 Å². The molecule has 9 heteroatoms. The standard InChI is InChI=1S/C23H27N3O6/c1-30-10-11-31-20(13-21(27)28)26-9-8-17-12-18(6-7-19(17)23(26)29)32-14-15-2-4-16(5-3-15)22(24)25/h2-7,12,20H,8-11,13-14H2,1H3,(H3,24,25)(H,27,28). The summed E-state index contributed by atoms with van der Waals surface area (Å²) in [6.45, 7) is 1.20. The third kappa shape index (κ3) is 5.83. The van der Waals surface area contributed by atoms with Crippen molar-refractivity contribution >= 4 is 17.7 Å². The van der Waals surface area contributed by atoms with E-state index in [4.69, 9.17) is 25.4 Å². The lowest BCUT2D eigenvalue weighted by Crippen LogP contribution is -2.47. The van der Waals surface area contributed by atoms with E-state index in [2.05, 4.69) is 0 Å². The van der Waals surface area contributed by atoms with Gasteiger partial charge in [-0.2, -0.15) is 0 Å². The zero-order valence-corrected chi connectivity index (χ0v) is 17.9. The number of nitrogens with two attached hydrogens (primary N) is 1. The SMILES string of the molecule is COCCOC(CC(=O)O)N1CCc2cc(OCc3ccc(C(=N)N)cc3)ccc2C1=O. The molecule has 0 aliphatic carbocycles. The van der Waals surface area contributed by atoms with Gasteiger partial charge in [-0.15, -0.1) is 0 Å². The Balaban J connectivity index is 1.66. The van der Waals surface area contributed by atoms with Crippen LogP contribution >= 0.6 is 0 Å². The van der Waals surface area contributed by atoms with Crippen molar-refractivity contribution in [2.75, 3.05) is 26.9 Å². The van der Waals surface area contributed by atoms with Gasteiger partial charge in [-0.1, -0.05) is 24.3 Å². The first-order chi connectivity index (χ1) is 15.4. The quantitative estimate of drug-likeness (QED) is 0.276. The van der Waals surface area contributed by atoms with Gasteiger partial charge in [0.25, 0.3) is 5.91 Å². The molecule has 0 aromatic heterocycles. The average molecular weight is 441 g/mol. The summed E-state index contributed by atoms with van der Waals surface area (Å²) in [5.41, 5.74) is 8.41. The number of nitrogens with one attached hydrogen (secondary N) is 1. The van der Waals surface area contributed by atoms with Crippen molar-refractivity contribution in [3.05, 3.63) is 64.7 Å². The molecule has 3 rings (SSSR count). The summed E-state index contributed by atoms with van der Waals surface area (Å²) in [7, 11) is 1.53. The van der Waals surface area contributed by atoms with Crippen LogP contribution < -0.4 is 10.5 Å². The normalized spacial score (nSPS) is 14.0. The third-order valence-electron chi connectivity index (χ3n) is 5.16. The van der Waals surface area contributed by atoms with Gasteiger partial charge >= 0.3 is 5.97 Å². The fourth-order valence-electron chi connectivity index (χ4n) is 3.47. The molecule has 0 fully saturated rings. The minimum absolute atomic E-state index is 0.0144. The molecule has 1 aliphatic rings. The number of nitrogen functional groups attached to an aromatic ring is 1. The van der Waals surface area contributed by atoms with Gasteiger partial charge in [-0.25, -0.2) is 0 Å². The summed E-state index contributed by atoms with van der Waals surface area (Å²) in [6.07, 6.45) is -0.582. The number of carboxylic acid groups (broad SMARTS) is 1. The Morgan fingerprint density at radius 1 is 1.22 bits per heavy atom. The molecule has 2 aromatic rings. The van der Waals surface area contributed by atoms with Crippen LogP contribution in [0.1, 0.15) is 33.5 Å². The van der Waals surface area contributed by atoms with E-state index in [0.717, 1.165) is 11.1 Å². The van der Waals surface area contributed by atoms with Crippen molar-refractivity contribution in [1.82, 2.24) is 4.90 Å². The second-order valence-corrected chi connectivity index (χ2v) is 7.38. The molecule has 0 saturated carbocycles. The number of amides is 1. The number of ether oxygens (including phenoxy) is 3. The molecular weight excluding hydrogens is 414 g/mol. The maximum Gasteiger partial charge on any atom is 0.307 e. The molecule has 1 amide bonds. The van der Waals surface area contributed by atoms with E-state index in [-0.39, 0.29) is 24.8 Å². The van der Waals surface area contributed by atoms with Crippen molar-refractivity contribution in [3.8, 4) is 5.75 Å². The molecule has 0 spiro atoms. The van der Waals surface area contributed by atoms with Crippen molar-refractivity contribution in [1.29, 1.82) is 5.41 Å². The maximum atomic E-state index is 13.0. The second-order valence-electron chi connectivity index (χ2n) is 7.38. The van der Waals surface area contributed by atoms with Gasteiger partial charge in [0.15, 0.2) is 0 Å². The van der Waals surface area contributed by atoms with E-state index in [1.54, 1.807) is 24.3 Å². The smallest absolute Gasteiger partial charge is 0.307 e. The first kappa shape index (κ1) is 23.2. The van der Waals surface area contributed by atoms with E-state index >= 15 is 0 Å². The van der Waals surface area contributed by atoms with Gasteiger partial charge < -0.3 is 30.0 Å². The Labute approximate surface area is 186 Å². The topological polar surface area (TPSA) is 135 Å². The van der Waals surface area contributed by atoms with E-state index < -0.39 is 12.2 Å². The molecule has 2 aromatic carbocycles. The van der Waals surface area contributed by atoms with Crippen molar-refractivity contribution in [2.24, 2.45) is 5.73 Å². The van der Waals surface area contributed by atoms with Gasteiger partial charge in [0.1, 0.15) is 24.4 Å². The molecule has 0 radical (unpaired) electrons. The lowest BCUT2D eigenvalue weighted by Gasteiger charge is -2.34. The van der Waals surface area contributed by atoms with Crippen molar-refractivity contribution < 1.29 is 28.9 Å². The van der Waals surface area contributed by atoms with Gasteiger partial charge in [0.2, 0.25) is 0 Å². The molecule has 32 heavy (non-hydrogen) atoms. The van der Waals surface area contributed by atoms with Crippen molar-refractivity contribution in [3.63, 3.8) is 0 Å². The Kier molecular flexibility index (Phi) is 7.80. The highest BCUT2D eigenvalue weighted by Crippen LogP contribution is 2.26. The van der Waals surface area contributed by atoms with Crippen LogP contribution in [-0.2, 0) is 27.3 Å². The maximum absolute atomic E-state index is 13.0. The number of fused-ring (bicyclic) bond motifs is 1. The molecule has 4 N–H and O–H groups in total. The number of hydrogen-bond acceptors (Lipinski definition) is 6. The third-order valence-corrected chi connectivity index (χ3v) is 5.16. The Morgan fingerprint density at radius 3 is 2.62 bits per heavy atom. The summed E-state index contributed by atoms with van der Waals surface area (Å²) in [4.78, 5) is 25.7. The number of aliphatic carboxylic acids is 1. The number of carbonyl (C=O) groups is 2. The lowest BCUT2D eigenvalue weighted by molar-refractivity contribution is -0.144. The molecule has 170 valence electrons. The van der Waals surface area contributed by atoms with Crippen LogP contribution in [0.25, 0.3) is 0 Å². The zero-order valence-electron chi connectivity index (χ0n) is 17.9. The lowest BCUT2D eigenvalue weighted by atomic mass is 9.98. The van der Waals surface area contributed by atoms with Crippen LogP contribution in [0.3, 0.4) is 0 Å². The van der Waals surface area contributed by atoms with E-state index in [0.29, 0.717) is 43.1 Å². The number of amidine groups is 1. The number of rotatable bonds is 11. The summed E-state index contributed by atoms with van der Waals surface area (Å²) in [5.74, 6) is -0.646. The number of benzene rings is 2. The summed E-state index contributed by atoms with van der Waals surface area (Å²) in [6, 6.07) is 12.5. The fourth-order valence-corrected chi connectivity index (χ4v) is 3.47. The van der Waals surface area contributed by atoms with Gasteiger partial charge in [-0.3, -0.25) is 15.0 Å². The van der Waals surface area contributed by atoms with Gasteiger partial charge in [0.05, 0.1) is 19.6 Å². The summed E-state index contributed by atoms with van der Waals surface area (Å²) in [5, 5.41) is 16.6. The summed E-state index contributed by atoms with van der Waals surface area (Å²) < 4.78 is 16.4. The Morgan fingerprint density at radius 2 is 1.97 bits per heavy atom. The van der Waals surface area contributed by atoms with Gasteiger partial charge in [-0.05, 0) is 35.7 Å². The number of methoxy groups -OCH3 is 1. The zero-order chi connectivity index (χ0) is 23.1. The molecule has 9 nitrogen and oxygen atoms in total. The van der Waals surface area contributed by atoms with Crippen LogP contribution in [0.15, 0.2) is 42.5 Å². The second kappa shape index (κ2) is 10.7.